The summed E-state index contributed by atoms with van der Waals surface area (Å²) in [5, 5.41) is 8.88. The van der Waals surface area contributed by atoms with Gasteiger partial charge in [-0.05, 0) is 36.2 Å². The maximum atomic E-state index is 13.5. The van der Waals surface area contributed by atoms with Gasteiger partial charge in [0.2, 0.25) is 0 Å². The summed E-state index contributed by atoms with van der Waals surface area (Å²) in [6.45, 7) is 3.09. The Kier molecular flexibility index (Phi) is 6.36. The topological polar surface area (TPSA) is 78.7 Å². The molecule has 0 atom stereocenters. The van der Waals surface area contributed by atoms with Gasteiger partial charge in [0.15, 0.2) is 11.7 Å². The highest BCUT2D eigenvalue weighted by Crippen LogP contribution is 2.08. The predicted molar refractivity (Wildman–Crippen MR) is 90.4 cm³/mol. The van der Waals surface area contributed by atoms with Gasteiger partial charge < -0.3 is 20.4 Å². The van der Waals surface area contributed by atoms with Crippen molar-refractivity contribution < 1.29 is 13.6 Å². The molecule has 0 aliphatic carbocycles. The van der Waals surface area contributed by atoms with Crippen LogP contribution in [0.25, 0.3) is 0 Å². The molecular weight excluding hydrogens is 311 g/mol. The zero-order valence-corrected chi connectivity index (χ0v) is 13.7. The van der Waals surface area contributed by atoms with E-state index in [1.807, 2.05) is 6.07 Å². The third-order valence-corrected chi connectivity index (χ3v) is 3.37. The average Bonchev–Trinajstić information content (AvgIpc) is 3.11. The molecule has 128 valence electrons. The smallest absolute Gasteiger partial charge is 0.287 e. The number of furan rings is 1. The number of halogens is 1. The van der Waals surface area contributed by atoms with Crippen LogP contribution in [0.2, 0.25) is 0 Å². The lowest BCUT2D eigenvalue weighted by atomic mass is 10.1. The van der Waals surface area contributed by atoms with Gasteiger partial charge in [0.05, 0.1) is 6.26 Å². The van der Waals surface area contributed by atoms with E-state index in [2.05, 4.69) is 20.9 Å². The van der Waals surface area contributed by atoms with E-state index in [1.165, 1.54) is 12.3 Å². The molecule has 0 aliphatic rings. The van der Waals surface area contributed by atoms with E-state index in [9.17, 15) is 9.18 Å². The number of aryl methyl sites for hydroxylation is 1. The van der Waals surface area contributed by atoms with Crippen molar-refractivity contribution in [3.8, 4) is 0 Å². The number of amides is 1. The Balaban J connectivity index is 1.70. The first-order chi connectivity index (χ1) is 11.6. The summed E-state index contributed by atoms with van der Waals surface area (Å²) in [4.78, 5) is 15.8. The van der Waals surface area contributed by atoms with E-state index in [0.717, 1.165) is 5.56 Å². The largest absolute Gasteiger partial charge is 0.459 e. The standard InChI is InChI=1S/C17H21FN4O2/c1-12-5-6-13(10-14(12)18)11-22-17(19-2)21-8-7-20-16(23)15-4-3-9-24-15/h3-6,9-10H,7-8,11H2,1-2H3,(H,20,23)(H2,19,21,22). The van der Waals surface area contributed by atoms with Crippen molar-refractivity contribution in [3.05, 3.63) is 59.3 Å². The number of carbonyl (C=O) groups is 1. The van der Waals surface area contributed by atoms with Crippen LogP contribution in [0.5, 0.6) is 0 Å². The van der Waals surface area contributed by atoms with Crippen LogP contribution in [0.3, 0.4) is 0 Å². The first-order valence-corrected chi connectivity index (χ1v) is 7.61. The molecule has 2 rings (SSSR count). The van der Waals surface area contributed by atoms with Gasteiger partial charge in [0.1, 0.15) is 5.82 Å². The SMILES string of the molecule is CN=C(NCCNC(=O)c1ccco1)NCc1ccc(C)c(F)c1. The fourth-order valence-corrected chi connectivity index (χ4v) is 2.00. The van der Waals surface area contributed by atoms with E-state index in [-0.39, 0.29) is 17.5 Å². The molecule has 2 aromatic rings. The average molecular weight is 332 g/mol. The molecule has 0 saturated heterocycles. The molecule has 0 aliphatic heterocycles. The van der Waals surface area contributed by atoms with Crippen LogP contribution in [-0.4, -0.2) is 32.0 Å². The van der Waals surface area contributed by atoms with Crippen LogP contribution in [-0.2, 0) is 6.54 Å². The van der Waals surface area contributed by atoms with Crippen molar-refractivity contribution in [3.63, 3.8) is 0 Å². The lowest BCUT2D eigenvalue weighted by Gasteiger charge is -2.12. The van der Waals surface area contributed by atoms with Crippen molar-refractivity contribution >= 4 is 11.9 Å². The van der Waals surface area contributed by atoms with Crippen LogP contribution in [0.4, 0.5) is 4.39 Å². The molecule has 1 aromatic carbocycles. The van der Waals surface area contributed by atoms with Crippen LogP contribution < -0.4 is 16.0 Å². The van der Waals surface area contributed by atoms with Crippen molar-refractivity contribution in [2.24, 2.45) is 4.99 Å². The van der Waals surface area contributed by atoms with Gasteiger partial charge in [-0.3, -0.25) is 9.79 Å². The number of rotatable bonds is 6. The second-order valence-corrected chi connectivity index (χ2v) is 5.17. The Morgan fingerprint density at radius 1 is 1.21 bits per heavy atom. The van der Waals surface area contributed by atoms with Gasteiger partial charge in [-0.2, -0.15) is 0 Å². The van der Waals surface area contributed by atoms with E-state index in [4.69, 9.17) is 4.42 Å². The fourth-order valence-electron chi connectivity index (χ4n) is 2.00. The molecule has 24 heavy (non-hydrogen) atoms. The molecule has 0 saturated carbocycles. The third-order valence-electron chi connectivity index (χ3n) is 3.37. The number of hydrogen-bond donors (Lipinski definition) is 3. The maximum absolute atomic E-state index is 13.5. The highest BCUT2D eigenvalue weighted by atomic mass is 19.1. The second kappa shape index (κ2) is 8.71. The summed E-state index contributed by atoms with van der Waals surface area (Å²) in [6.07, 6.45) is 1.45. The highest BCUT2D eigenvalue weighted by Gasteiger charge is 2.07. The zero-order chi connectivity index (χ0) is 17.4. The first-order valence-electron chi connectivity index (χ1n) is 7.61. The minimum atomic E-state index is -0.264. The monoisotopic (exact) mass is 332 g/mol. The molecule has 1 heterocycles. The molecule has 0 spiro atoms. The second-order valence-electron chi connectivity index (χ2n) is 5.17. The number of hydrogen-bond acceptors (Lipinski definition) is 3. The summed E-state index contributed by atoms with van der Waals surface area (Å²) in [7, 11) is 1.65. The van der Waals surface area contributed by atoms with Gasteiger partial charge in [-0.1, -0.05) is 12.1 Å². The molecule has 0 unspecified atom stereocenters. The Morgan fingerprint density at radius 2 is 2.00 bits per heavy atom. The summed E-state index contributed by atoms with van der Waals surface area (Å²) >= 11 is 0. The summed E-state index contributed by atoms with van der Waals surface area (Å²) in [5.74, 6) is 0.361. The predicted octanol–water partition coefficient (Wildman–Crippen LogP) is 1.82. The third kappa shape index (κ3) is 5.12. The quantitative estimate of drug-likeness (QED) is 0.428. The molecule has 1 amide bonds. The number of aliphatic imine (C=N–C) groups is 1. The van der Waals surface area contributed by atoms with E-state index >= 15 is 0 Å². The van der Waals surface area contributed by atoms with Gasteiger partial charge in [-0.25, -0.2) is 4.39 Å². The van der Waals surface area contributed by atoms with E-state index < -0.39 is 0 Å². The van der Waals surface area contributed by atoms with Crippen molar-refractivity contribution in [1.82, 2.24) is 16.0 Å². The number of carbonyl (C=O) groups excluding carboxylic acids is 1. The molecule has 0 radical (unpaired) electrons. The first kappa shape index (κ1) is 17.5. The molecule has 0 fully saturated rings. The van der Waals surface area contributed by atoms with Crippen molar-refractivity contribution in [2.75, 3.05) is 20.1 Å². The van der Waals surface area contributed by atoms with E-state index in [1.54, 1.807) is 32.2 Å². The lowest BCUT2D eigenvalue weighted by molar-refractivity contribution is 0.0926. The molecule has 0 bridgehead atoms. The van der Waals surface area contributed by atoms with Gasteiger partial charge >= 0.3 is 0 Å². The Morgan fingerprint density at radius 3 is 2.67 bits per heavy atom. The number of nitrogens with zero attached hydrogens (tertiary/aromatic N) is 1. The minimum absolute atomic E-state index is 0.224. The van der Waals surface area contributed by atoms with Crippen LogP contribution >= 0.6 is 0 Å². The molecule has 3 N–H and O–H groups in total. The molecule has 6 nitrogen and oxygen atoms in total. The van der Waals surface area contributed by atoms with Gasteiger partial charge in [0, 0.05) is 26.7 Å². The van der Waals surface area contributed by atoms with Crippen molar-refractivity contribution in [1.29, 1.82) is 0 Å². The van der Waals surface area contributed by atoms with Crippen LogP contribution in [0.15, 0.2) is 46.0 Å². The zero-order valence-electron chi connectivity index (χ0n) is 13.7. The Labute approximate surface area is 140 Å². The highest BCUT2D eigenvalue weighted by molar-refractivity contribution is 5.91. The van der Waals surface area contributed by atoms with Gasteiger partial charge in [-0.15, -0.1) is 0 Å². The van der Waals surface area contributed by atoms with Gasteiger partial charge in [0.25, 0.3) is 5.91 Å². The summed E-state index contributed by atoms with van der Waals surface area (Å²) in [6, 6.07) is 8.37. The molecule has 1 aromatic heterocycles. The molecular formula is C17H21FN4O2. The molecule has 7 heteroatoms. The Hall–Kier alpha value is -2.83. The van der Waals surface area contributed by atoms with Crippen LogP contribution in [0.1, 0.15) is 21.7 Å². The summed E-state index contributed by atoms with van der Waals surface area (Å²) < 4.78 is 18.5. The number of guanidine groups is 1. The van der Waals surface area contributed by atoms with Crippen molar-refractivity contribution in [2.45, 2.75) is 13.5 Å². The number of nitrogens with one attached hydrogen (secondary N) is 3. The maximum Gasteiger partial charge on any atom is 0.287 e. The lowest BCUT2D eigenvalue weighted by Crippen LogP contribution is -2.41. The number of benzene rings is 1. The summed E-state index contributed by atoms with van der Waals surface area (Å²) in [5.41, 5.74) is 1.45. The minimum Gasteiger partial charge on any atom is -0.459 e. The van der Waals surface area contributed by atoms with Crippen LogP contribution in [0, 0.1) is 12.7 Å². The normalized spacial score (nSPS) is 11.2. The fraction of sp³-hybridized carbons (Fsp3) is 0.294. The van der Waals surface area contributed by atoms with E-state index in [0.29, 0.717) is 31.2 Å². The Bertz CT molecular complexity index is 699.